The number of rotatable bonds is 6. The Kier molecular flexibility index (Phi) is 6.95. The van der Waals surface area contributed by atoms with E-state index in [1.165, 1.54) is 54.7 Å². The fourth-order valence-corrected chi connectivity index (χ4v) is 4.25. The number of hydrogen-bond acceptors (Lipinski definition) is 2. The highest BCUT2D eigenvalue weighted by atomic mass is 32.2. The number of thioether (sulfide) groups is 1. The molecule has 1 aliphatic carbocycles. The molecule has 1 nitrogen and oxygen atoms in total. The smallest absolute Gasteiger partial charge is 0.0189 e. The van der Waals surface area contributed by atoms with Crippen LogP contribution in [0, 0.1) is 12.8 Å². The van der Waals surface area contributed by atoms with E-state index in [0.717, 1.165) is 12.5 Å². The average molecular weight is 292 g/mol. The van der Waals surface area contributed by atoms with Crippen LogP contribution in [0.4, 0.5) is 0 Å². The van der Waals surface area contributed by atoms with Crippen molar-refractivity contribution in [1.29, 1.82) is 0 Å². The first-order chi connectivity index (χ1) is 9.79. The summed E-state index contributed by atoms with van der Waals surface area (Å²) in [4.78, 5) is 1.41. The number of nitrogens with one attached hydrogen (secondary N) is 1. The Morgan fingerprint density at radius 3 is 2.35 bits per heavy atom. The first-order valence-corrected chi connectivity index (χ1v) is 9.21. The maximum absolute atomic E-state index is 3.74. The summed E-state index contributed by atoms with van der Waals surface area (Å²) in [6, 6.07) is 9.64. The van der Waals surface area contributed by atoms with E-state index in [4.69, 9.17) is 0 Å². The van der Waals surface area contributed by atoms with Gasteiger partial charge in [-0.3, -0.25) is 0 Å². The molecule has 1 fully saturated rings. The van der Waals surface area contributed by atoms with Crippen LogP contribution in [0.5, 0.6) is 0 Å². The van der Waals surface area contributed by atoms with Gasteiger partial charge in [-0.2, -0.15) is 0 Å². The topological polar surface area (TPSA) is 12.0 Å². The van der Waals surface area contributed by atoms with Crippen molar-refractivity contribution in [2.75, 3.05) is 12.3 Å². The molecular formula is C18H29NS. The summed E-state index contributed by atoms with van der Waals surface area (Å²) in [5, 5.41) is 3.74. The van der Waals surface area contributed by atoms with Crippen molar-refractivity contribution in [1.82, 2.24) is 5.32 Å². The van der Waals surface area contributed by atoms with Crippen molar-refractivity contribution < 1.29 is 0 Å². The minimum atomic E-state index is 0.685. The van der Waals surface area contributed by atoms with Gasteiger partial charge in [0.2, 0.25) is 0 Å². The van der Waals surface area contributed by atoms with E-state index >= 15 is 0 Å². The molecule has 0 amide bonds. The molecule has 0 bridgehead atoms. The summed E-state index contributed by atoms with van der Waals surface area (Å²) in [7, 11) is 0. The summed E-state index contributed by atoms with van der Waals surface area (Å²) < 4.78 is 0. The molecule has 1 atom stereocenters. The van der Waals surface area contributed by atoms with Crippen molar-refractivity contribution in [3.63, 3.8) is 0 Å². The third kappa shape index (κ3) is 5.14. The van der Waals surface area contributed by atoms with E-state index in [1.807, 2.05) is 11.8 Å². The van der Waals surface area contributed by atoms with Crippen molar-refractivity contribution >= 4 is 11.8 Å². The van der Waals surface area contributed by atoms with Gasteiger partial charge in [0.25, 0.3) is 0 Å². The van der Waals surface area contributed by atoms with Crippen LogP contribution in [0.1, 0.15) is 51.0 Å². The van der Waals surface area contributed by atoms with Crippen LogP contribution in [0.25, 0.3) is 0 Å². The SMILES string of the molecule is CCNC(CSc1ccc(C)cc1)C1CCCCCC1. The second-order valence-electron chi connectivity index (χ2n) is 6.04. The maximum Gasteiger partial charge on any atom is 0.0189 e. The molecule has 1 N–H and O–H groups in total. The molecule has 112 valence electrons. The summed E-state index contributed by atoms with van der Waals surface area (Å²) in [6.07, 6.45) is 8.60. The van der Waals surface area contributed by atoms with Crippen LogP contribution in [-0.2, 0) is 0 Å². The van der Waals surface area contributed by atoms with E-state index < -0.39 is 0 Å². The standard InChI is InChI=1S/C18H29NS/c1-3-19-18(16-8-6-4-5-7-9-16)14-20-17-12-10-15(2)11-13-17/h10-13,16,18-19H,3-9,14H2,1-2H3. The van der Waals surface area contributed by atoms with Crippen LogP contribution >= 0.6 is 11.8 Å². The van der Waals surface area contributed by atoms with Crippen LogP contribution in [0.2, 0.25) is 0 Å². The molecule has 0 spiro atoms. The lowest BCUT2D eigenvalue weighted by atomic mass is 9.93. The zero-order valence-electron chi connectivity index (χ0n) is 13.0. The lowest BCUT2D eigenvalue weighted by Gasteiger charge is -2.26. The zero-order chi connectivity index (χ0) is 14.2. The van der Waals surface area contributed by atoms with Gasteiger partial charge in [-0.05, 0) is 44.4 Å². The van der Waals surface area contributed by atoms with E-state index in [9.17, 15) is 0 Å². The van der Waals surface area contributed by atoms with Gasteiger partial charge in [0.05, 0.1) is 0 Å². The largest absolute Gasteiger partial charge is 0.313 e. The van der Waals surface area contributed by atoms with Crippen LogP contribution in [-0.4, -0.2) is 18.3 Å². The van der Waals surface area contributed by atoms with Crippen molar-refractivity contribution in [2.24, 2.45) is 5.92 Å². The maximum atomic E-state index is 3.74. The monoisotopic (exact) mass is 291 g/mol. The van der Waals surface area contributed by atoms with Crippen LogP contribution in [0.15, 0.2) is 29.2 Å². The Hall–Kier alpha value is -0.470. The van der Waals surface area contributed by atoms with Gasteiger partial charge in [-0.1, -0.05) is 50.3 Å². The Labute approximate surface area is 128 Å². The van der Waals surface area contributed by atoms with Gasteiger partial charge in [0.1, 0.15) is 0 Å². The van der Waals surface area contributed by atoms with Crippen molar-refractivity contribution in [2.45, 2.75) is 63.3 Å². The lowest BCUT2D eigenvalue weighted by molar-refractivity contribution is 0.347. The van der Waals surface area contributed by atoms with Gasteiger partial charge in [-0.15, -0.1) is 11.8 Å². The Morgan fingerprint density at radius 2 is 1.75 bits per heavy atom. The first-order valence-electron chi connectivity index (χ1n) is 8.22. The molecule has 20 heavy (non-hydrogen) atoms. The molecule has 0 saturated heterocycles. The predicted molar refractivity (Wildman–Crippen MR) is 90.6 cm³/mol. The minimum Gasteiger partial charge on any atom is -0.313 e. The quantitative estimate of drug-likeness (QED) is 0.582. The van der Waals surface area contributed by atoms with E-state index in [-0.39, 0.29) is 0 Å². The molecule has 0 aliphatic heterocycles. The molecule has 0 radical (unpaired) electrons. The Bertz CT molecular complexity index is 366. The lowest BCUT2D eigenvalue weighted by Crippen LogP contribution is -2.38. The second-order valence-corrected chi connectivity index (χ2v) is 7.13. The molecule has 1 aromatic rings. The van der Waals surface area contributed by atoms with E-state index in [0.29, 0.717) is 6.04 Å². The molecule has 1 aliphatic rings. The van der Waals surface area contributed by atoms with Crippen molar-refractivity contribution in [3.05, 3.63) is 29.8 Å². The summed E-state index contributed by atoms with van der Waals surface area (Å²) >= 11 is 2.02. The second kappa shape index (κ2) is 8.74. The van der Waals surface area contributed by atoms with Crippen LogP contribution in [0.3, 0.4) is 0 Å². The fraction of sp³-hybridized carbons (Fsp3) is 0.667. The summed E-state index contributed by atoms with van der Waals surface area (Å²) in [5.41, 5.74) is 1.35. The Balaban J connectivity index is 1.89. The van der Waals surface area contributed by atoms with Crippen molar-refractivity contribution in [3.8, 4) is 0 Å². The van der Waals surface area contributed by atoms with Gasteiger partial charge in [0.15, 0.2) is 0 Å². The highest BCUT2D eigenvalue weighted by Crippen LogP contribution is 2.29. The Morgan fingerprint density at radius 1 is 1.10 bits per heavy atom. The molecule has 0 aromatic heterocycles. The normalized spacial score (nSPS) is 18.7. The summed E-state index contributed by atoms with van der Waals surface area (Å²) in [6.45, 7) is 5.48. The molecule has 2 heteroatoms. The molecule has 0 heterocycles. The number of benzene rings is 1. The fourth-order valence-electron chi connectivity index (χ4n) is 3.16. The number of hydrogen-bond donors (Lipinski definition) is 1. The number of aryl methyl sites for hydroxylation is 1. The zero-order valence-corrected chi connectivity index (χ0v) is 13.8. The minimum absolute atomic E-state index is 0.685. The predicted octanol–water partition coefficient (Wildman–Crippen LogP) is 5.04. The molecule has 1 aromatic carbocycles. The average Bonchev–Trinajstić information content (AvgIpc) is 2.74. The first kappa shape index (κ1) is 15.9. The molecular weight excluding hydrogens is 262 g/mol. The van der Waals surface area contributed by atoms with E-state index in [2.05, 4.69) is 43.4 Å². The van der Waals surface area contributed by atoms with Gasteiger partial charge >= 0.3 is 0 Å². The molecule has 1 unspecified atom stereocenters. The van der Waals surface area contributed by atoms with Crippen LogP contribution < -0.4 is 5.32 Å². The summed E-state index contributed by atoms with van der Waals surface area (Å²) in [5.74, 6) is 2.09. The van der Waals surface area contributed by atoms with E-state index in [1.54, 1.807) is 0 Å². The van der Waals surface area contributed by atoms with Gasteiger partial charge < -0.3 is 5.32 Å². The third-order valence-corrected chi connectivity index (χ3v) is 5.52. The third-order valence-electron chi connectivity index (χ3n) is 4.39. The van der Waals surface area contributed by atoms with Gasteiger partial charge in [0, 0.05) is 16.7 Å². The highest BCUT2D eigenvalue weighted by molar-refractivity contribution is 7.99. The molecule has 2 rings (SSSR count). The van der Waals surface area contributed by atoms with Gasteiger partial charge in [-0.25, -0.2) is 0 Å². The highest BCUT2D eigenvalue weighted by Gasteiger charge is 2.22. The molecule has 1 saturated carbocycles.